The average molecular weight is 270 g/mol. The first-order chi connectivity index (χ1) is 8.45. The number of hydrogen-bond acceptors (Lipinski definition) is 3. The Kier molecular flexibility index (Phi) is 3.43. The molecule has 1 N–H and O–H groups in total. The molecule has 0 saturated carbocycles. The van der Waals surface area contributed by atoms with Gasteiger partial charge in [0, 0.05) is 17.3 Å². The van der Waals surface area contributed by atoms with Crippen LogP contribution >= 0.6 is 11.6 Å². The van der Waals surface area contributed by atoms with Crippen molar-refractivity contribution in [1.29, 1.82) is 0 Å². The van der Waals surface area contributed by atoms with Gasteiger partial charge < -0.3 is 5.32 Å². The molecule has 6 heteroatoms. The molecular weight excluding hydrogens is 260 g/mol. The van der Waals surface area contributed by atoms with E-state index in [0.29, 0.717) is 22.4 Å². The fourth-order valence-electron chi connectivity index (χ4n) is 1.48. The highest BCUT2D eigenvalue weighted by Gasteiger charge is 2.08. The van der Waals surface area contributed by atoms with Crippen LogP contribution < -0.4 is 5.32 Å². The minimum absolute atomic E-state index is 0.268. The summed E-state index contributed by atoms with van der Waals surface area (Å²) in [7, 11) is 0. The Morgan fingerprint density at radius 3 is 2.28 bits per heavy atom. The zero-order chi connectivity index (χ0) is 13.3. The first kappa shape index (κ1) is 12.7. The third kappa shape index (κ3) is 2.73. The van der Waals surface area contributed by atoms with Gasteiger partial charge in [-0.05, 0) is 26.0 Å². The van der Waals surface area contributed by atoms with Crippen LogP contribution in [0.1, 0.15) is 11.4 Å². The number of hydrogen-bond donors (Lipinski definition) is 1. The summed E-state index contributed by atoms with van der Waals surface area (Å²) in [6.07, 6.45) is 0. The van der Waals surface area contributed by atoms with E-state index >= 15 is 0 Å². The smallest absolute Gasteiger partial charge is 0.138 e. The number of aryl methyl sites for hydroxylation is 1. The monoisotopic (exact) mass is 269 g/mol. The Hall–Kier alpha value is -1.75. The Balaban J connectivity index is 2.39. The second-order valence-corrected chi connectivity index (χ2v) is 4.18. The van der Waals surface area contributed by atoms with Crippen molar-refractivity contribution >= 4 is 23.1 Å². The number of halogens is 3. The van der Waals surface area contributed by atoms with E-state index in [1.165, 1.54) is 12.1 Å². The van der Waals surface area contributed by atoms with Gasteiger partial charge >= 0.3 is 0 Å². The van der Waals surface area contributed by atoms with Crippen molar-refractivity contribution < 1.29 is 8.78 Å². The average Bonchev–Trinajstić information content (AvgIpc) is 2.23. The summed E-state index contributed by atoms with van der Waals surface area (Å²) >= 11 is 5.91. The highest BCUT2D eigenvalue weighted by molar-refractivity contribution is 6.30. The van der Waals surface area contributed by atoms with Gasteiger partial charge in [-0.2, -0.15) is 0 Å². The molecule has 0 fully saturated rings. The maximum absolute atomic E-state index is 13.1. The van der Waals surface area contributed by atoms with Crippen molar-refractivity contribution in [3.8, 4) is 0 Å². The molecule has 18 heavy (non-hydrogen) atoms. The van der Waals surface area contributed by atoms with Crippen LogP contribution in [0.2, 0.25) is 5.15 Å². The van der Waals surface area contributed by atoms with Crippen LogP contribution in [0.25, 0.3) is 0 Å². The number of anilines is 2. The van der Waals surface area contributed by atoms with Gasteiger partial charge in [-0.3, -0.25) is 0 Å². The van der Waals surface area contributed by atoms with Crippen molar-refractivity contribution in [2.75, 3.05) is 5.32 Å². The molecule has 1 aromatic carbocycles. The Bertz CT molecular complexity index is 582. The SMILES string of the molecule is Cc1nc(Cl)c(C)c(Nc2cc(F)cc(F)c2)n1. The molecule has 2 aromatic rings. The lowest BCUT2D eigenvalue weighted by molar-refractivity contribution is 0.584. The molecule has 1 heterocycles. The minimum Gasteiger partial charge on any atom is -0.340 e. The molecule has 94 valence electrons. The van der Waals surface area contributed by atoms with E-state index in [0.717, 1.165) is 6.07 Å². The van der Waals surface area contributed by atoms with Crippen LogP contribution in [0.15, 0.2) is 18.2 Å². The number of aromatic nitrogens is 2. The quantitative estimate of drug-likeness (QED) is 0.844. The van der Waals surface area contributed by atoms with E-state index in [4.69, 9.17) is 11.6 Å². The van der Waals surface area contributed by atoms with Crippen LogP contribution in [0.3, 0.4) is 0 Å². The molecule has 0 amide bonds. The summed E-state index contributed by atoms with van der Waals surface area (Å²) in [6.45, 7) is 3.41. The molecule has 0 atom stereocenters. The normalized spacial score (nSPS) is 10.5. The van der Waals surface area contributed by atoms with Gasteiger partial charge in [-0.15, -0.1) is 0 Å². The summed E-state index contributed by atoms with van der Waals surface area (Å²) in [5.41, 5.74) is 0.886. The van der Waals surface area contributed by atoms with E-state index in [2.05, 4.69) is 15.3 Å². The second-order valence-electron chi connectivity index (χ2n) is 3.82. The number of benzene rings is 1. The summed E-state index contributed by atoms with van der Waals surface area (Å²) in [6, 6.07) is 3.15. The summed E-state index contributed by atoms with van der Waals surface area (Å²) in [4.78, 5) is 8.11. The lowest BCUT2D eigenvalue weighted by atomic mass is 10.2. The van der Waals surface area contributed by atoms with Crippen molar-refractivity contribution in [3.05, 3.63) is 46.4 Å². The number of nitrogens with one attached hydrogen (secondary N) is 1. The third-order valence-electron chi connectivity index (χ3n) is 2.32. The predicted octanol–water partition coefficient (Wildman–Crippen LogP) is 3.77. The van der Waals surface area contributed by atoms with E-state index in [1.807, 2.05) is 0 Å². The molecule has 0 saturated heterocycles. The Morgan fingerprint density at radius 1 is 1.06 bits per heavy atom. The van der Waals surface area contributed by atoms with Crippen LogP contribution in [0, 0.1) is 25.5 Å². The first-order valence-corrected chi connectivity index (χ1v) is 5.57. The van der Waals surface area contributed by atoms with Gasteiger partial charge in [0.25, 0.3) is 0 Å². The van der Waals surface area contributed by atoms with E-state index in [-0.39, 0.29) is 5.69 Å². The van der Waals surface area contributed by atoms with Gasteiger partial charge in [0.05, 0.1) is 0 Å². The van der Waals surface area contributed by atoms with Crippen LogP contribution in [-0.4, -0.2) is 9.97 Å². The first-order valence-electron chi connectivity index (χ1n) is 5.19. The maximum Gasteiger partial charge on any atom is 0.138 e. The van der Waals surface area contributed by atoms with Gasteiger partial charge in [0.2, 0.25) is 0 Å². The van der Waals surface area contributed by atoms with Crippen molar-refractivity contribution in [2.45, 2.75) is 13.8 Å². The highest BCUT2D eigenvalue weighted by Crippen LogP contribution is 2.24. The van der Waals surface area contributed by atoms with E-state index < -0.39 is 11.6 Å². The molecule has 0 aliphatic heterocycles. The molecule has 1 aromatic heterocycles. The van der Waals surface area contributed by atoms with Crippen LogP contribution in [-0.2, 0) is 0 Å². The fraction of sp³-hybridized carbons (Fsp3) is 0.167. The summed E-state index contributed by atoms with van der Waals surface area (Å²) in [5, 5.41) is 3.13. The largest absolute Gasteiger partial charge is 0.340 e. The van der Waals surface area contributed by atoms with Gasteiger partial charge in [0.15, 0.2) is 0 Å². The zero-order valence-electron chi connectivity index (χ0n) is 9.76. The van der Waals surface area contributed by atoms with Gasteiger partial charge in [-0.1, -0.05) is 11.6 Å². The lowest BCUT2D eigenvalue weighted by Crippen LogP contribution is -2.01. The summed E-state index contributed by atoms with van der Waals surface area (Å²) < 4.78 is 26.1. The molecule has 3 nitrogen and oxygen atoms in total. The standard InChI is InChI=1S/C12H10ClF2N3/c1-6-11(13)16-7(2)17-12(6)18-10-4-8(14)3-9(15)5-10/h3-5H,1-2H3,(H,16,17,18). The molecule has 0 spiro atoms. The lowest BCUT2D eigenvalue weighted by Gasteiger charge is -2.10. The summed E-state index contributed by atoms with van der Waals surface area (Å²) in [5.74, 6) is -0.415. The third-order valence-corrected chi connectivity index (χ3v) is 2.69. The molecule has 0 radical (unpaired) electrons. The fourth-order valence-corrected chi connectivity index (χ4v) is 1.69. The molecule has 0 aliphatic rings. The maximum atomic E-state index is 13.1. The topological polar surface area (TPSA) is 37.8 Å². The Labute approximate surface area is 108 Å². The minimum atomic E-state index is -0.660. The van der Waals surface area contributed by atoms with Crippen molar-refractivity contribution in [1.82, 2.24) is 9.97 Å². The van der Waals surface area contributed by atoms with Crippen LogP contribution in [0.5, 0.6) is 0 Å². The number of rotatable bonds is 2. The van der Waals surface area contributed by atoms with Gasteiger partial charge in [-0.25, -0.2) is 18.7 Å². The zero-order valence-corrected chi connectivity index (χ0v) is 10.5. The van der Waals surface area contributed by atoms with E-state index in [9.17, 15) is 8.78 Å². The predicted molar refractivity (Wildman–Crippen MR) is 66.2 cm³/mol. The molecule has 0 aliphatic carbocycles. The van der Waals surface area contributed by atoms with Crippen LogP contribution in [0.4, 0.5) is 20.3 Å². The highest BCUT2D eigenvalue weighted by atomic mass is 35.5. The Morgan fingerprint density at radius 2 is 1.67 bits per heavy atom. The van der Waals surface area contributed by atoms with Crippen molar-refractivity contribution in [3.63, 3.8) is 0 Å². The molecule has 0 bridgehead atoms. The molecular formula is C12H10ClF2N3. The molecule has 0 unspecified atom stereocenters. The molecule has 2 rings (SSSR count). The van der Waals surface area contributed by atoms with Crippen molar-refractivity contribution in [2.24, 2.45) is 0 Å². The van der Waals surface area contributed by atoms with E-state index in [1.54, 1.807) is 13.8 Å². The van der Waals surface area contributed by atoms with Gasteiger partial charge in [0.1, 0.15) is 28.4 Å². The number of nitrogens with zero attached hydrogens (tertiary/aromatic N) is 2. The second kappa shape index (κ2) is 4.86.